The van der Waals surface area contributed by atoms with Crippen LogP contribution in [0.3, 0.4) is 0 Å². The van der Waals surface area contributed by atoms with Gasteiger partial charge in [-0.05, 0) is 37.1 Å². The molecule has 6 heteroatoms. The van der Waals surface area contributed by atoms with E-state index in [9.17, 15) is 0 Å². The van der Waals surface area contributed by atoms with E-state index in [0.29, 0.717) is 0 Å². The number of rotatable bonds is 6. The fraction of sp³-hybridized carbons (Fsp3) is 0.182. The lowest BCUT2D eigenvalue weighted by Gasteiger charge is -2.09. The Hall–Kier alpha value is -2.08. The van der Waals surface area contributed by atoms with E-state index >= 15 is 0 Å². The number of nitrogens with zero attached hydrogens (tertiary/aromatic N) is 3. The van der Waals surface area contributed by atoms with Crippen LogP contribution in [-0.4, -0.2) is 14.8 Å². The second kappa shape index (κ2) is 8.52. The Balaban J connectivity index is 1.67. The number of thioether (sulfide) groups is 1. The smallest absolute Gasteiger partial charge is 0.191 e. The fourth-order valence-corrected chi connectivity index (χ4v) is 5.26. The van der Waals surface area contributed by atoms with Gasteiger partial charge in [0.15, 0.2) is 11.0 Å². The molecule has 0 spiro atoms. The lowest BCUT2D eigenvalue weighted by atomic mass is 10.0. The molecule has 0 amide bonds. The Labute approximate surface area is 178 Å². The summed E-state index contributed by atoms with van der Waals surface area (Å²) in [5, 5.41) is 12.9. The van der Waals surface area contributed by atoms with E-state index in [1.807, 2.05) is 24.3 Å². The number of halogens is 1. The quantitative estimate of drug-likeness (QED) is 0.313. The van der Waals surface area contributed by atoms with Crippen molar-refractivity contribution in [1.82, 2.24) is 14.8 Å². The third-order valence-corrected chi connectivity index (χ3v) is 6.75. The summed E-state index contributed by atoms with van der Waals surface area (Å²) in [6.45, 7) is 5.12. The predicted octanol–water partition coefficient (Wildman–Crippen LogP) is 6.95. The third-order valence-electron chi connectivity index (χ3n) is 4.57. The summed E-state index contributed by atoms with van der Waals surface area (Å²) in [5.74, 6) is 1.74. The Morgan fingerprint density at radius 3 is 2.64 bits per heavy atom. The molecule has 0 atom stereocenters. The maximum atomic E-state index is 6.11. The van der Waals surface area contributed by atoms with Crippen molar-refractivity contribution in [3.8, 4) is 22.5 Å². The van der Waals surface area contributed by atoms with Gasteiger partial charge in [0, 0.05) is 38.7 Å². The van der Waals surface area contributed by atoms with Crippen molar-refractivity contribution in [2.24, 2.45) is 0 Å². The first-order valence-corrected chi connectivity index (χ1v) is 11.4. The van der Waals surface area contributed by atoms with Crippen molar-refractivity contribution in [3.63, 3.8) is 0 Å². The number of hydrogen-bond donors (Lipinski definition) is 0. The molecule has 0 aliphatic carbocycles. The molecule has 142 valence electrons. The molecule has 4 aromatic rings. The van der Waals surface area contributed by atoms with Gasteiger partial charge in [0.2, 0.25) is 0 Å². The van der Waals surface area contributed by atoms with E-state index in [4.69, 9.17) is 11.6 Å². The Morgan fingerprint density at radius 1 is 1.07 bits per heavy atom. The summed E-state index contributed by atoms with van der Waals surface area (Å²) in [6.07, 6.45) is 0. The van der Waals surface area contributed by atoms with Gasteiger partial charge in [-0.3, -0.25) is 0 Å². The molecular weight excluding hydrogens is 406 g/mol. The second-order valence-corrected chi connectivity index (χ2v) is 8.88. The average molecular weight is 426 g/mol. The molecule has 0 unspecified atom stereocenters. The minimum absolute atomic E-state index is 0.761. The third kappa shape index (κ3) is 3.88. The zero-order chi connectivity index (χ0) is 19.5. The molecule has 0 bridgehead atoms. The number of benzene rings is 2. The highest BCUT2D eigenvalue weighted by atomic mass is 35.5. The molecule has 0 saturated heterocycles. The summed E-state index contributed by atoms with van der Waals surface area (Å²) in [5.41, 5.74) is 4.80. The van der Waals surface area contributed by atoms with Crippen molar-refractivity contribution in [2.75, 3.05) is 0 Å². The van der Waals surface area contributed by atoms with Gasteiger partial charge >= 0.3 is 0 Å². The SMILES string of the molecule is CCn1c(SCc2cccc(Cl)c2)nnc1-c1csc(C)c1-c1ccccc1. The standard InChI is InChI=1S/C22H20ClN3S2/c1-3-26-21(19-14-27-15(2)20(19)17-9-5-4-6-10-17)24-25-22(26)28-13-16-8-7-11-18(23)12-16/h4-12,14H,3,13H2,1-2H3. The van der Waals surface area contributed by atoms with Crippen LogP contribution in [0.4, 0.5) is 0 Å². The summed E-state index contributed by atoms with van der Waals surface area (Å²) < 4.78 is 2.20. The maximum Gasteiger partial charge on any atom is 0.191 e. The fourth-order valence-electron chi connectivity index (χ4n) is 3.24. The van der Waals surface area contributed by atoms with Crippen LogP contribution in [0.5, 0.6) is 0 Å². The van der Waals surface area contributed by atoms with Crippen LogP contribution in [0.25, 0.3) is 22.5 Å². The van der Waals surface area contributed by atoms with E-state index in [2.05, 4.69) is 64.3 Å². The van der Waals surface area contributed by atoms with Gasteiger partial charge in [-0.2, -0.15) is 0 Å². The first kappa shape index (κ1) is 19.2. The first-order valence-electron chi connectivity index (χ1n) is 9.11. The van der Waals surface area contributed by atoms with Crippen molar-refractivity contribution < 1.29 is 0 Å². The summed E-state index contributed by atoms with van der Waals surface area (Å²) in [6, 6.07) is 18.5. The highest BCUT2D eigenvalue weighted by Gasteiger charge is 2.19. The van der Waals surface area contributed by atoms with Crippen molar-refractivity contribution >= 4 is 34.7 Å². The Kier molecular flexibility index (Phi) is 5.85. The Bertz CT molecular complexity index is 1090. The number of aromatic nitrogens is 3. The van der Waals surface area contributed by atoms with E-state index in [-0.39, 0.29) is 0 Å². The second-order valence-electron chi connectivity index (χ2n) is 6.42. The van der Waals surface area contributed by atoms with Crippen LogP contribution in [0, 0.1) is 6.92 Å². The van der Waals surface area contributed by atoms with Gasteiger partial charge in [-0.15, -0.1) is 21.5 Å². The minimum Gasteiger partial charge on any atom is -0.302 e. The normalized spacial score (nSPS) is 11.1. The van der Waals surface area contributed by atoms with Crippen LogP contribution < -0.4 is 0 Å². The molecule has 2 heterocycles. The molecule has 28 heavy (non-hydrogen) atoms. The summed E-state index contributed by atoms with van der Waals surface area (Å²) >= 11 is 9.56. The van der Waals surface area contributed by atoms with Gasteiger partial charge < -0.3 is 4.57 Å². The van der Waals surface area contributed by atoms with Crippen molar-refractivity contribution in [3.05, 3.63) is 75.4 Å². The molecule has 0 aliphatic heterocycles. The molecule has 0 fully saturated rings. The maximum absolute atomic E-state index is 6.11. The number of aryl methyl sites for hydroxylation is 1. The van der Waals surface area contributed by atoms with E-state index in [1.54, 1.807) is 23.1 Å². The van der Waals surface area contributed by atoms with Crippen molar-refractivity contribution in [2.45, 2.75) is 31.3 Å². The van der Waals surface area contributed by atoms with Crippen LogP contribution >= 0.6 is 34.7 Å². The van der Waals surface area contributed by atoms with Gasteiger partial charge in [0.25, 0.3) is 0 Å². The van der Waals surface area contributed by atoms with Crippen molar-refractivity contribution in [1.29, 1.82) is 0 Å². The largest absolute Gasteiger partial charge is 0.302 e. The lowest BCUT2D eigenvalue weighted by Crippen LogP contribution is -2.00. The highest BCUT2D eigenvalue weighted by Crippen LogP contribution is 2.39. The topological polar surface area (TPSA) is 30.7 Å². The van der Waals surface area contributed by atoms with Crippen LogP contribution in [0.15, 0.2) is 65.1 Å². The number of thiophene rings is 1. The molecule has 4 rings (SSSR count). The monoisotopic (exact) mass is 425 g/mol. The molecule has 3 nitrogen and oxygen atoms in total. The minimum atomic E-state index is 0.761. The predicted molar refractivity (Wildman–Crippen MR) is 120 cm³/mol. The Morgan fingerprint density at radius 2 is 1.89 bits per heavy atom. The van der Waals surface area contributed by atoms with Gasteiger partial charge in [-0.25, -0.2) is 0 Å². The highest BCUT2D eigenvalue weighted by molar-refractivity contribution is 7.98. The summed E-state index contributed by atoms with van der Waals surface area (Å²) in [4.78, 5) is 1.29. The number of hydrogen-bond acceptors (Lipinski definition) is 4. The lowest BCUT2D eigenvalue weighted by molar-refractivity contribution is 0.687. The zero-order valence-electron chi connectivity index (χ0n) is 15.7. The van der Waals surface area contributed by atoms with Gasteiger partial charge in [0.1, 0.15) is 0 Å². The molecule has 0 N–H and O–H groups in total. The van der Waals surface area contributed by atoms with Crippen LogP contribution in [-0.2, 0) is 12.3 Å². The molecule has 2 aromatic heterocycles. The molecule has 0 radical (unpaired) electrons. The molecule has 0 aliphatic rings. The van der Waals surface area contributed by atoms with Gasteiger partial charge in [0.05, 0.1) is 0 Å². The van der Waals surface area contributed by atoms with E-state index < -0.39 is 0 Å². The first-order chi connectivity index (χ1) is 13.7. The van der Waals surface area contributed by atoms with E-state index in [0.717, 1.165) is 33.9 Å². The van der Waals surface area contributed by atoms with Crippen LogP contribution in [0.1, 0.15) is 17.4 Å². The molecule has 0 saturated carbocycles. The molecule has 2 aromatic carbocycles. The zero-order valence-corrected chi connectivity index (χ0v) is 18.1. The van der Waals surface area contributed by atoms with Crippen LogP contribution in [0.2, 0.25) is 5.02 Å². The van der Waals surface area contributed by atoms with Gasteiger partial charge in [-0.1, -0.05) is 65.8 Å². The summed E-state index contributed by atoms with van der Waals surface area (Å²) in [7, 11) is 0. The molecular formula is C22H20ClN3S2. The average Bonchev–Trinajstić information content (AvgIpc) is 3.29. The van der Waals surface area contributed by atoms with E-state index in [1.165, 1.54) is 21.6 Å².